The van der Waals surface area contributed by atoms with Crippen LogP contribution in [-0.4, -0.2) is 28.4 Å². The highest BCUT2D eigenvalue weighted by atomic mass is 32.2. The van der Waals surface area contributed by atoms with E-state index in [1.165, 1.54) is 0 Å². The molecule has 146 valence electrons. The van der Waals surface area contributed by atoms with Crippen LogP contribution in [0.15, 0.2) is 70.3 Å². The lowest BCUT2D eigenvalue weighted by Crippen LogP contribution is -2.22. The third kappa shape index (κ3) is 4.90. The smallest absolute Gasteiger partial charge is 0.271 e. The molecule has 3 rings (SSSR count). The summed E-state index contributed by atoms with van der Waals surface area (Å²) in [6, 6.07) is 17.5. The van der Waals surface area contributed by atoms with Gasteiger partial charge in [-0.2, -0.15) is 0 Å². The third-order valence-electron chi connectivity index (χ3n) is 4.07. The number of rotatable bonds is 7. The molecule has 1 amide bonds. The van der Waals surface area contributed by atoms with Crippen LogP contribution in [0.25, 0.3) is 0 Å². The van der Waals surface area contributed by atoms with Crippen LogP contribution in [0.2, 0.25) is 0 Å². The van der Waals surface area contributed by atoms with Gasteiger partial charge in [0.15, 0.2) is 0 Å². The fourth-order valence-corrected chi connectivity index (χ4v) is 4.56. The van der Waals surface area contributed by atoms with E-state index in [0.29, 0.717) is 17.8 Å². The van der Waals surface area contributed by atoms with E-state index >= 15 is 0 Å². The molecule has 3 aromatic rings. The Morgan fingerprint density at radius 2 is 1.68 bits per heavy atom. The first-order chi connectivity index (χ1) is 13.3. The number of sulfonamides is 1. The maximum Gasteiger partial charge on any atom is 0.271 e. The van der Waals surface area contributed by atoms with Crippen LogP contribution in [0.3, 0.4) is 0 Å². The summed E-state index contributed by atoms with van der Waals surface area (Å²) in [5, 5.41) is 4.57. The lowest BCUT2D eigenvalue weighted by Gasteiger charge is -2.13. The Labute approximate surface area is 168 Å². The first kappa shape index (κ1) is 19.9. The SMILES string of the molecule is CN(C)c1ccc(CNC(=O)c2ccc(NS(=O)(=O)c3cccs3)cc2)cc1. The highest BCUT2D eigenvalue weighted by Gasteiger charge is 2.15. The summed E-state index contributed by atoms with van der Waals surface area (Å²) < 4.78 is 27.2. The minimum Gasteiger partial charge on any atom is -0.378 e. The van der Waals surface area contributed by atoms with E-state index in [1.807, 2.05) is 43.3 Å². The van der Waals surface area contributed by atoms with E-state index in [1.54, 1.807) is 41.8 Å². The molecule has 0 aliphatic carbocycles. The molecule has 0 aliphatic rings. The van der Waals surface area contributed by atoms with Crippen molar-refractivity contribution in [3.63, 3.8) is 0 Å². The molecular formula is C20H21N3O3S2. The summed E-state index contributed by atoms with van der Waals surface area (Å²) in [6.07, 6.45) is 0. The van der Waals surface area contributed by atoms with Gasteiger partial charge in [-0.05, 0) is 53.4 Å². The molecule has 1 heterocycles. The summed E-state index contributed by atoms with van der Waals surface area (Å²) in [5.74, 6) is -0.218. The molecule has 0 saturated heterocycles. The van der Waals surface area contributed by atoms with E-state index in [9.17, 15) is 13.2 Å². The molecule has 2 aromatic carbocycles. The predicted molar refractivity (Wildman–Crippen MR) is 114 cm³/mol. The van der Waals surface area contributed by atoms with Gasteiger partial charge in [-0.25, -0.2) is 8.42 Å². The average Bonchev–Trinajstić information content (AvgIpc) is 3.22. The number of carbonyl (C=O) groups is 1. The average molecular weight is 416 g/mol. The Bertz CT molecular complexity index is 1030. The van der Waals surface area contributed by atoms with Gasteiger partial charge in [-0.15, -0.1) is 11.3 Å². The van der Waals surface area contributed by atoms with Crippen molar-refractivity contribution in [2.45, 2.75) is 10.8 Å². The number of anilines is 2. The van der Waals surface area contributed by atoms with Crippen LogP contribution in [0.1, 0.15) is 15.9 Å². The highest BCUT2D eigenvalue weighted by Crippen LogP contribution is 2.20. The Morgan fingerprint density at radius 3 is 2.25 bits per heavy atom. The lowest BCUT2D eigenvalue weighted by molar-refractivity contribution is 0.0951. The lowest BCUT2D eigenvalue weighted by atomic mass is 10.1. The van der Waals surface area contributed by atoms with Gasteiger partial charge in [0.05, 0.1) is 0 Å². The van der Waals surface area contributed by atoms with Crippen molar-refractivity contribution in [2.75, 3.05) is 23.7 Å². The molecule has 0 fully saturated rings. The van der Waals surface area contributed by atoms with Crippen LogP contribution < -0.4 is 14.9 Å². The third-order valence-corrected chi connectivity index (χ3v) is 6.84. The normalized spacial score (nSPS) is 11.1. The molecule has 0 saturated carbocycles. The van der Waals surface area contributed by atoms with Crippen molar-refractivity contribution < 1.29 is 13.2 Å². The molecule has 28 heavy (non-hydrogen) atoms. The van der Waals surface area contributed by atoms with Crippen molar-refractivity contribution in [3.8, 4) is 0 Å². The zero-order chi connectivity index (χ0) is 20.1. The monoisotopic (exact) mass is 415 g/mol. The summed E-state index contributed by atoms with van der Waals surface area (Å²) in [6.45, 7) is 0.416. The molecule has 0 bridgehead atoms. The number of nitrogens with one attached hydrogen (secondary N) is 2. The van der Waals surface area contributed by atoms with Crippen LogP contribution >= 0.6 is 11.3 Å². The van der Waals surface area contributed by atoms with Crippen molar-refractivity contribution in [1.82, 2.24) is 5.32 Å². The number of amides is 1. The second-order valence-corrected chi connectivity index (χ2v) is 9.22. The van der Waals surface area contributed by atoms with Crippen molar-refractivity contribution >= 4 is 38.6 Å². The Morgan fingerprint density at radius 1 is 1.00 bits per heavy atom. The first-order valence-electron chi connectivity index (χ1n) is 8.56. The Hall–Kier alpha value is -2.84. The van der Waals surface area contributed by atoms with E-state index in [4.69, 9.17) is 0 Å². The summed E-state index contributed by atoms with van der Waals surface area (Å²) in [7, 11) is 0.352. The molecule has 0 spiro atoms. The van der Waals surface area contributed by atoms with Gasteiger partial charge >= 0.3 is 0 Å². The zero-order valence-electron chi connectivity index (χ0n) is 15.5. The second kappa shape index (κ2) is 8.45. The minimum atomic E-state index is -3.59. The standard InChI is InChI=1S/C20H21N3O3S2/c1-23(2)18-11-5-15(6-12-18)14-21-20(24)16-7-9-17(10-8-16)22-28(25,26)19-4-3-13-27-19/h3-13,22H,14H2,1-2H3,(H,21,24). The van der Waals surface area contributed by atoms with Crippen LogP contribution in [0, 0.1) is 0 Å². The van der Waals surface area contributed by atoms with Crippen molar-refractivity contribution in [3.05, 3.63) is 77.2 Å². The van der Waals surface area contributed by atoms with Gasteiger partial charge in [-0.1, -0.05) is 18.2 Å². The number of benzene rings is 2. The number of nitrogens with zero attached hydrogens (tertiary/aromatic N) is 1. The van der Waals surface area contributed by atoms with Crippen LogP contribution in [-0.2, 0) is 16.6 Å². The molecule has 0 atom stereocenters. The fourth-order valence-electron chi connectivity index (χ4n) is 2.51. The molecule has 2 N–H and O–H groups in total. The summed E-state index contributed by atoms with van der Waals surface area (Å²) >= 11 is 1.15. The molecular weight excluding hydrogens is 394 g/mol. The largest absolute Gasteiger partial charge is 0.378 e. The maximum atomic E-state index is 12.3. The predicted octanol–water partition coefficient (Wildman–Crippen LogP) is 3.54. The fraction of sp³-hybridized carbons (Fsp3) is 0.150. The van der Waals surface area contributed by atoms with E-state index in [2.05, 4.69) is 10.0 Å². The van der Waals surface area contributed by atoms with E-state index in [-0.39, 0.29) is 10.1 Å². The molecule has 1 aromatic heterocycles. The quantitative estimate of drug-likeness (QED) is 0.619. The molecule has 8 heteroatoms. The number of hydrogen-bond donors (Lipinski definition) is 2. The zero-order valence-corrected chi connectivity index (χ0v) is 17.2. The maximum absolute atomic E-state index is 12.3. The van der Waals surface area contributed by atoms with Gasteiger partial charge in [-0.3, -0.25) is 9.52 Å². The summed E-state index contributed by atoms with van der Waals surface area (Å²) in [4.78, 5) is 14.3. The van der Waals surface area contributed by atoms with Gasteiger partial charge in [0.1, 0.15) is 4.21 Å². The van der Waals surface area contributed by atoms with E-state index < -0.39 is 10.0 Å². The Balaban J connectivity index is 1.59. The van der Waals surface area contributed by atoms with Gasteiger partial charge < -0.3 is 10.2 Å². The molecule has 0 aliphatic heterocycles. The van der Waals surface area contributed by atoms with Crippen LogP contribution in [0.5, 0.6) is 0 Å². The highest BCUT2D eigenvalue weighted by molar-refractivity contribution is 7.94. The van der Waals surface area contributed by atoms with Crippen LogP contribution in [0.4, 0.5) is 11.4 Å². The topological polar surface area (TPSA) is 78.5 Å². The van der Waals surface area contributed by atoms with Crippen molar-refractivity contribution in [1.29, 1.82) is 0 Å². The molecule has 0 radical (unpaired) electrons. The Kier molecular flexibility index (Phi) is 6.01. The van der Waals surface area contributed by atoms with Gasteiger partial charge in [0.2, 0.25) is 0 Å². The number of carbonyl (C=O) groups excluding carboxylic acids is 1. The molecule has 0 unspecified atom stereocenters. The van der Waals surface area contributed by atoms with Gasteiger partial charge in [0, 0.05) is 37.6 Å². The number of hydrogen-bond acceptors (Lipinski definition) is 5. The summed E-state index contributed by atoms with van der Waals surface area (Å²) in [5.41, 5.74) is 2.96. The number of thiophene rings is 1. The van der Waals surface area contributed by atoms with Gasteiger partial charge in [0.25, 0.3) is 15.9 Å². The van der Waals surface area contributed by atoms with Crippen molar-refractivity contribution in [2.24, 2.45) is 0 Å². The first-order valence-corrected chi connectivity index (χ1v) is 10.9. The second-order valence-electron chi connectivity index (χ2n) is 6.36. The van der Waals surface area contributed by atoms with E-state index in [0.717, 1.165) is 22.6 Å². The minimum absolute atomic E-state index is 0.218. The molecule has 6 nitrogen and oxygen atoms in total.